The minimum absolute atomic E-state index is 0.625. The number of likely N-dealkylation sites (N-methyl/N-ethyl adjacent to an activating group) is 1. The third-order valence-corrected chi connectivity index (χ3v) is 3.92. The predicted molar refractivity (Wildman–Crippen MR) is 71.2 cm³/mol. The summed E-state index contributed by atoms with van der Waals surface area (Å²) in [4.78, 5) is 11.3. The number of hydrogen-bond donors (Lipinski definition) is 2. The van der Waals surface area contributed by atoms with E-state index < -0.39 is 11.5 Å². The molecule has 96 valence electrons. The van der Waals surface area contributed by atoms with E-state index in [1.54, 1.807) is 0 Å². The number of carboxylic acid groups (broad SMARTS) is 1. The Bertz CT molecular complexity index is 209. The molecule has 4 heteroatoms. The number of thioether (sulfide) groups is 1. The van der Waals surface area contributed by atoms with Gasteiger partial charge in [-0.2, -0.15) is 11.8 Å². The Kier molecular flexibility index (Phi) is 7.85. The molecular weight excluding hydrogens is 222 g/mol. The number of aliphatic carboxylic acids is 1. The van der Waals surface area contributed by atoms with E-state index in [2.05, 4.69) is 19.2 Å². The lowest BCUT2D eigenvalue weighted by atomic mass is 9.91. The Hall–Kier alpha value is -0.220. The molecule has 3 nitrogen and oxygen atoms in total. The Balaban J connectivity index is 4.15. The van der Waals surface area contributed by atoms with Gasteiger partial charge in [-0.05, 0) is 36.8 Å². The van der Waals surface area contributed by atoms with Gasteiger partial charge in [0.25, 0.3) is 0 Å². The zero-order chi connectivity index (χ0) is 12.6. The van der Waals surface area contributed by atoms with E-state index >= 15 is 0 Å². The Morgan fingerprint density at radius 1 is 1.44 bits per heavy atom. The third kappa shape index (κ3) is 5.21. The summed E-state index contributed by atoms with van der Waals surface area (Å²) in [6, 6.07) is 0. The quantitative estimate of drug-likeness (QED) is 0.615. The molecule has 0 saturated carbocycles. The minimum atomic E-state index is -0.716. The summed E-state index contributed by atoms with van der Waals surface area (Å²) in [5.41, 5.74) is -0.716. The lowest BCUT2D eigenvalue weighted by molar-refractivity contribution is -0.145. The van der Waals surface area contributed by atoms with Crippen LogP contribution in [0.5, 0.6) is 0 Å². The first kappa shape index (κ1) is 15.8. The highest BCUT2D eigenvalue weighted by atomic mass is 32.2. The van der Waals surface area contributed by atoms with Gasteiger partial charge in [-0.3, -0.25) is 4.79 Å². The summed E-state index contributed by atoms with van der Waals surface area (Å²) in [6.07, 6.45) is 2.31. The topological polar surface area (TPSA) is 49.3 Å². The fourth-order valence-corrected chi connectivity index (χ4v) is 2.54. The van der Waals surface area contributed by atoms with Gasteiger partial charge in [-0.25, -0.2) is 0 Å². The van der Waals surface area contributed by atoms with E-state index in [0.717, 1.165) is 12.2 Å². The van der Waals surface area contributed by atoms with E-state index in [-0.39, 0.29) is 0 Å². The zero-order valence-electron chi connectivity index (χ0n) is 10.9. The van der Waals surface area contributed by atoms with Gasteiger partial charge in [0.15, 0.2) is 0 Å². The molecule has 0 heterocycles. The molecule has 0 bridgehead atoms. The summed E-state index contributed by atoms with van der Waals surface area (Å²) in [7, 11) is 0. The molecular formula is C12H25NO2S. The Morgan fingerprint density at radius 2 is 2.06 bits per heavy atom. The standard InChI is InChI=1S/C12H25NO2S/c1-5-12(11(14)15,13-6-2)8-7-9-16-10(3)4/h10,13H,5-9H2,1-4H3,(H,14,15). The summed E-state index contributed by atoms with van der Waals surface area (Å²) >= 11 is 1.89. The molecule has 1 atom stereocenters. The van der Waals surface area contributed by atoms with Crippen molar-refractivity contribution in [1.29, 1.82) is 0 Å². The maximum absolute atomic E-state index is 11.3. The maximum atomic E-state index is 11.3. The lowest BCUT2D eigenvalue weighted by Crippen LogP contribution is -2.51. The number of hydrogen-bond acceptors (Lipinski definition) is 3. The normalized spacial score (nSPS) is 15.1. The van der Waals surface area contributed by atoms with E-state index in [0.29, 0.717) is 24.6 Å². The average Bonchev–Trinajstić information content (AvgIpc) is 2.22. The van der Waals surface area contributed by atoms with Gasteiger partial charge in [-0.15, -0.1) is 0 Å². The average molecular weight is 247 g/mol. The first-order valence-electron chi connectivity index (χ1n) is 6.08. The van der Waals surface area contributed by atoms with Gasteiger partial charge >= 0.3 is 5.97 Å². The molecule has 0 aliphatic carbocycles. The summed E-state index contributed by atoms with van der Waals surface area (Å²) < 4.78 is 0. The molecule has 0 aromatic rings. The van der Waals surface area contributed by atoms with Crippen LogP contribution in [0.3, 0.4) is 0 Å². The van der Waals surface area contributed by atoms with E-state index in [9.17, 15) is 9.90 Å². The van der Waals surface area contributed by atoms with Crippen molar-refractivity contribution in [2.75, 3.05) is 12.3 Å². The number of carboxylic acids is 1. The fourth-order valence-electron chi connectivity index (χ4n) is 1.76. The largest absolute Gasteiger partial charge is 0.480 e. The van der Waals surface area contributed by atoms with Gasteiger partial charge in [0.05, 0.1) is 0 Å². The van der Waals surface area contributed by atoms with Crippen LogP contribution in [0.2, 0.25) is 0 Å². The molecule has 0 radical (unpaired) electrons. The third-order valence-electron chi connectivity index (χ3n) is 2.73. The van der Waals surface area contributed by atoms with Crippen molar-refractivity contribution in [2.24, 2.45) is 0 Å². The predicted octanol–water partition coefficient (Wildman–Crippen LogP) is 2.75. The SMILES string of the molecule is CCNC(CC)(CCCSC(C)C)C(=O)O. The highest BCUT2D eigenvalue weighted by Gasteiger charge is 2.34. The number of nitrogens with one attached hydrogen (secondary N) is 1. The van der Waals surface area contributed by atoms with Crippen molar-refractivity contribution in [3.05, 3.63) is 0 Å². The van der Waals surface area contributed by atoms with Crippen molar-refractivity contribution in [3.8, 4) is 0 Å². The van der Waals surface area contributed by atoms with Gasteiger partial charge < -0.3 is 10.4 Å². The van der Waals surface area contributed by atoms with Crippen molar-refractivity contribution in [2.45, 2.75) is 57.7 Å². The second kappa shape index (κ2) is 7.96. The molecule has 0 spiro atoms. The lowest BCUT2D eigenvalue weighted by Gasteiger charge is -2.29. The van der Waals surface area contributed by atoms with Crippen LogP contribution in [0.15, 0.2) is 0 Å². The number of rotatable bonds is 9. The van der Waals surface area contributed by atoms with Crippen molar-refractivity contribution >= 4 is 17.7 Å². The van der Waals surface area contributed by atoms with Gasteiger partial charge in [0.2, 0.25) is 0 Å². The first-order valence-corrected chi connectivity index (χ1v) is 7.13. The molecule has 0 aromatic heterocycles. The van der Waals surface area contributed by atoms with E-state index in [1.807, 2.05) is 25.6 Å². The molecule has 0 aliphatic rings. The second-order valence-electron chi connectivity index (χ2n) is 4.29. The molecule has 0 aromatic carbocycles. The van der Waals surface area contributed by atoms with Gasteiger partial charge in [0, 0.05) is 0 Å². The van der Waals surface area contributed by atoms with Crippen LogP contribution in [0.25, 0.3) is 0 Å². The van der Waals surface area contributed by atoms with Crippen molar-refractivity contribution in [1.82, 2.24) is 5.32 Å². The zero-order valence-corrected chi connectivity index (χ0v) is 11.7. The van der Waals surface area contributed by atoms with E-state index in [4.69, 9.17) is 0 Å². The van der Waals surface area contributed by atoms with Gasteiger partial charge in [-0.1, -0.05) is 27.7 Å². The molecule has 0 fully saturated rings. The first-order chi connectivity index (χ1) is 7.48. The van der Waals surface area contributed by atoms with Crippen LogP contribution in [-0.2, 0) is 4.79 Å². The van der Waals surface area contributed by atoms with Gasteiger partial charge in [0.1, 0.15) is 5.54 Å². The van der Waals surface area contributed by atoms with Crippen LogP contribution in [0.1, 0.15) is 47.0 Å². The Labute approximate surface area is 103 Å². The summed E-state index contributed by atoms with van der Waals surface area (Å²) in [5.74, 6) is 0.323. The van der Waals surface area contributed by atoms with Crippen LogP contribution in [0, 0.1) is 0 Å². The number of carbonyl (C=O) groups is 1. The minimum Gasteiger partial charge on any atom is -0.480 e. The summed E-state index contributed by atoms with van der Waals surface area (Å²) in [6.45, 7) is 8.93. The highest BCUT2D eigenvalue weighted by molar-refractivity contribution is 7.99. The molecule has 16 heavy (non-hydrogen) atoms. The van der Waals surface area contributed by atoms with Crippen LogP contribution in [0.4, 0.5) is 0 Å². The molecule has 2 N–H and O–H groups in total. The van der Waals surface area contributed by atoms with Crippen LogP contribution in [-0.4, -0.2) is 34.2 Å². The summed E-state index contributed by atoms with van der Waals surface area (Å²) in [5, 5.41) is 13.0. The molecule has 0 rings (SSSR count). The highest BCUT2D eigenvalue weighted by Crippen LogP contribution is 2.21. The monoisotopic (exact) mass is 247 g/mol. The molecule has 0 amide bonds. The molecule has 0 aliphatic heterocycles. The van der Waals surface area contributed by atoms with Crippen LogP contribution >= 0.6 is 11.8 Å². The smallest absolute Gasteiger partial charge is 0.323 e. The molecule has 0 saturated heterocycles. The maximum Gasteiger partial charge on any atom is 0.323 e. The van der Waals surface area contributed by atoms with Crippen molar-refractivity contribution < 1.29 is 9.90 Å². The Morgan fingerprint density at radius 3 is 2.44 bits per heavy atom. The molecule has 1 unspecified atom stereocenters. The fraction of sp³-hybridized carbons (Fsp3) is 0.917. The van der Waals surface area contributed by atoms with Crippen LogP contribution < -0.4 is 5.32 Å². The second-order valence-corrected chi connectivity index (χ2v) is 5.98. The van der Waals surface area contributed by atoms with E-state index in [1.165, 1.54) is 0 Å². The van der Waals surface area contributed by atoms with Crippen molar-refractivity contribution in [3.63, 3.8) is 0 Å².